The largest absolute Gasteiger partial charge is 0.504 e. The molecule has 0 aliphatic heterocycles. The smallest absolute Gasteiger partial charge is 0.342 e. The highest BCUT2D eigenvalue weighted by Crippen LogP contribution is 2.29. The molecule has 0 fully saturated rings. The molecular formula is C20H23NO5. The van der Waals surface area contributed by atoms with Crippen molar-refractivity contribution in [3.63, 3.8) is 0 Å². The third-order valence-electron chi connectivity index (χ3n) is 3.89. The van der Waals surface area contributed by atoms with Gasteiger partial charge in [0.15, 0.2) is 18.1 Å². The Morgan fingerprint density at radius 1 is 1.12 bits per heavy atom. The minimum absolute atomic E-state index is 0.0470. The van der Waals surface area contributed by atoms with Crippen LogP contribution in [-0.2, 0) is 16.0 Å². The van der Waals surface area contributed by atoms with E-state index in [-0.39, 0.29) is 29.0 Å². The van der Waals surface area contributed by atoms with E-state index in [4.69, 9.17) is 9.47 Å². The van der Waals surface area contributed by atoms with Crippen LogP contribution in [0.2, 0.25) is 0 Å². The van der Waals surface area contributed by atoms with Crippen molar-refractivity contribution in [2.45, 2.75) is 25.8 Å². The second-order valence-electron chi connectivity index (χ2n) is 5.93. The Morgan fingerprint density at radius 2 is 1.85 bits per heavy atom. The first-order chi connectivity index (χ1) is 12.5. The molecule has 0 aliphatic carbocycles. The number of aromatic hydroxyl groups is 1. The number of esters is 1. The molecule has 0 aromatic heterocycles. The molecule has 6 heteroatoms. The Balaban J connectivity index is 1.78. The molecule has 0 unspecified atom stereocenters. The summed E-state index contributed by atoms with van der Waals surface area (Å²) in [6.07, 6.45) is 1.63. The van der Waals surface area contributed by atoms with E-state index in [9.17, 15) is 14.7 Å². The molecule has 0 aliphatic rings. The van der Waals surface area contributed by atoms with Gasteiger partial charge in [-0.2, -0.15) is 0 Å². The maximum Gasteiger partial charge on any atom is 0.342 e. The number of nitrogens with one attached hydrogen (secondary N) is 1. The van der Waals surface area contributed by atoms with Crippen LogP contribution in [0, 0.1) is 0 Å². The van der Waals surface area contributed by atoms with Crippen LogP contribution in [0.5, 0.6) is 11.5 Å². The quantitative estimate of drug-likeness (QED) is 0.710. The molecular weight excluding hydrogens is 334 g/mol. The number of phenolic OH excluding ortho intramolecular Hbond substituents is 1. The van der Waals surface area contributed by atoms with Gasteiger partial charge in [-0.05, 0) is 37.5 Å². The number of phenols is 1. The monoisotopic (exact) mass is 357 g/mol. The van der Waals surface area contributed by atoms with Crippen LogP contribution in [0.15, 0.2) is 48.5 Å². The number of rotatable bonds is 8. The van der Waals surface area contributed by atoms with Gasteiger partial charge in [-0.1, -0.05) is 36.4 Å². The number of methoxy groups -OCH3 is 1. The van der Waals surface area contributed by atoms with Crippen LogP contribution >= 0.6 is 0 Å². The number of carbonyl (C=O) groups excluding carboxylic acids is 2. The van der Waals surface area contributed by atoms with Crippen molar-refractivity contribution in [3.8, 4) is 11.5 Å². The van der Waals surface area contributed by atoms with E-state index >= 15 is 0 Å². The van der Waals surface area contributed by atoms with E-state index in [2.05, 4.69) is 5.32 Å². The van der Waals surface area contributed by atoms with E-state index in [0.717, 1.165) is 12.8 Å². The minimum Gasteiger partial charge on any atom is -0.504 e. The molecule has 2 rings (SSSR count). The highest BCUT2D eigenvalue weighted by molar-refractivity contribution is 5.94. The number of benzene rings is 2. The number of aryl methyl sites for hydroxylation is 1. The van der Waals surface area contributed by atoms with Crippen LogP contribution in [-0.4, -0.2) is 36.7 Å². The molecule has 138 valence electrons. The second kappa shape index (κ2) is 9.46. The standard InChI is InChI=1S/C20H23NO5/c1-14(11-12-15-7-4-3-5-8-15)21-18(22)13-26-20(24)16-9-6-10-17(25-2)19(16)23/h3-10,14,23H,11-13H2,1-2H3,(H,21,22)/t14-/m0/s1. The first kappa shape index (κ1) is 19.3. The molecule has 2 aromatic rings. The third kappa shape index (κ3) is 5.51. The molecule has 0 spiro atoms. The number of para-hydroxylation sites is 1. The summed E-state index contributed by atoms with van der Waals surface area (Å²) in [4.78, 5) is 23.9. The highest BCUT2D eigenvalue weighted by atomic mass is 16.5. The molecule has 0 heterocycles. The molecule has 0 radical (unpaired) electrons. The zero-order valence-electron chi connectivity index (χ0n) is 14.9. The minimum atomic E-state index is -0.784. The van der Waals surface area contributed by atoms with Crippen LogP contribution in [0.1, 0.15) is 29.3 Å². The van der Waals surface area contributed by atoms with Gasteiger partial charge >= 0.3 is 5.97 Å². The summed E-state index contributed by atoms with van der Waals surface area (Å²) in [5.74, 6) is -1.31. The van der Waals surface area contributed by atoms with Crippen molar-refractivity contribution in [1.29, 1.82) is 0 Å². The summed E-state index contributed by atoms with van der Waals surface area (Å²) >= 11 is 0. The van der Waals surface area contributed by atoms with Crippen LogP contribution < -0.4 is 10.1 Å². The Bertz CT molecular complexity index is 745. The Labute approximate surface area is 152 Å². The summed E-state index contributed by atoms with van der Waals surface area (Å²) in [5, 5.41) is 12.7. The number of carbonyl (C=O) groups is 2. The lowest BCUT2D eigenvalue weighted by Gasteiger charge is -2.14. The summed E-state index contributed by atoms with van der Waals surface area (Å²) < 4.78 is 9.91. The van der Waals surface area contributed by atoms with Gasteiger partial charge < -0.3 is 19.9 Å². The number of amides is 1. The molecule has 1 amide bonds. The van der Waals surface area contributed by atoms with Gasteiger partial charge in [0.1, 0.15) is 5.56 Å². The van der Waals surface area contributed by atoms with E-state index in [1.807, 2.05) is 37.3 Å². The molecule has 1 atom stereocenters. The molecule has 0 bridgehead atoms. The number of hydrogen-bond acceptors (Lipinski definition) is 5. The number of ether oxygens (including phenoxy) is 2. The Hall–Kier alpha value is -3.02. The fraction of sp³-hybridized carbons (Fsp3) is 0.300. The van der Waals surface area contributed by atoms with Crippen molar-refractivity contribution < 1.29 is 24.2 Å². The van der Waals surface area contributed by atoms with E-state index < -0.39 is 12.6 Å². The van der Waals surface area contributed by atoms with Gasteiger partial charge in [0.05, 0.1) is 7.11 Å². The fourth-order valence-electron chi connectivity index (χ4n) is 2.48. The maximum absolute atomic E-state index is 12.0. The molecule has 6 nitrogen and oxygen atoms in total. The normalized spacial score (nSPS) is 11.5. The molecule has 0 saturated heterocycles. The van der Waals surface area contributed by atoms with Gasteiger partial charge in [0, 0.05) is 6.04 Å². The Kier molecular flexibility index (Phi) is 7.02. The average molecular weight is 357 g/mol. The van der Waals surface area contributed by atoms with Gasteiger partial charge in [-0.15, -0.1) is 0 Å². The van der Waals surface area contributed by atoms with Crippen molar-refractivity contribution in [1.82, 2.24) is 5.32 Å². The fourth-order valence-corrected chi connectivity index (χ4v) is 2.48. The van der Waals surface area contributed by atoms with Gasteiger partial charge in [-0.3, -0.25) is 4.79 Å². The average Bonchev–Trinajstić information content (AvgIpc) is 2.65. The Morgan fingerprint density at radius 3 is 2.54 bits per heavy atom. The first-order valence-corrected chi connectivity index (χ1v) is 8.37. The van der Waals surface area contributed by atoms with E-state index in [1.165, 1.54) is 24.8 Å². The topological polar surface area (TPSA) is 84.9 Å². The summed E-state index contributed by atoms with van der Waals surface area (Å²) in [6, 6.07) is 14.4. The summed E-state index contributed by atoms with van der Waals surface area (Å²) in [7, 11) is 1.38. The predicted molar refractivity (Wildman–Crippen MR) is 97.3 cm³/mol. The lowest BCUT2D eigenvalue weighted by Crippen LogP contribution is -2.36. The van der Waals surface area contributed by atoms with E-state index in [0.29, 0.717) is 0 Å². The zero-order chi connectivity index (χ0) is 18.9. The van der Waals surface area contributed by atoms with Crippen LogP contribution in [0.3, 0.4) is 0 Å². The zero-order valence-corrected chi connectivity index (χ0v) is 14.9. The van der Waals surface area contributed by atoms with Crippen molar-refractivity contribution in [2.24, 2.45) is 0 Å². The second-order valence-corrected chi connectivity index (χ2v) is 5.93. The number of hydrogen-bond donors (Lipinski definition) is 2. The van der Waals surface area contributed by atoms with Gasteiger partial charge in [0.2, 0.25) is 0 Å². The molecule has 2 N–H and O–H groups in total. The lowest BCUT2D eigenvalue weighted by atomic mass is 10.1. The maximum atomic E-state index is 12.0. The van der Waals surface area contributed by atoms with E-state index in [1.54, 1.807) is 6.07 Å². The predicted octanol–water partition coefficient (Wildman–Crippen LogP) is 2.70. The van der Waals surface area contributed by atoms with Crippen molar-refractivity contribution >= 4 is 11.9 Å². The molecule has 26 heavy (non-hydrogen) atoms. The van der Waals surface area contributed by atoms with Crippen molar-refractivity contribution in [3.05, 3.63) is 59.7 Å². The van der Waals surface area contributed by atoms with Crippen LogP contribution in [0.4, 0.5) is 0 Å². The molecule has 2 aromatic carbocycles. The van der Waals surface area contributed by atoms with Gasteiger partial charge in [0.25, 0.3) is 5.91 Å². The first-order valence-electron chi connectivity index (χ1n) is 8.37. The van der Waals surface area contributed by atoms with Crippen molar-refractivity contribution in [2.75, 3.05) is 13.7 Å². The summed E-state index contributed by atoms with van der Waals surface area (Å²) in [5.41, 5.74) is 1.16. The molecule has 0 saturated carbocycles. The lowest BCUT2D eigenvalue weighted by molar-refractivity contribution is -0.124. The highest BCUT2D eigenvalue weighted by Gasteiger charge is 2.17. The third-order valence-corrected chi connectivity index (χ3v) is 3.89. The van der Waals surface area contributed by atoms with Crippen LogP contribution in [0.25, 0.3) is 0 Å². The van der Waals surface area contributed by atoms with Gasteiger partial charge in [-0.25, -0.2) is 4.79 Å². The SMILES string of the molecule is COc1cccc(C(=O)OCC(=O)N[C@@H](C)CCc2ccccc2)c1O. The summed E-state index contributed by atoms with van der Waals surface area (Å²) in [6.45, 7) is 1.49.